The number of nitrogens with zero attached hydrogens (tertiary/aromatic N) is 9. The van der Waals surface area contributed by atoms with Crippen LogP contribution in [0.2, 0.25) is 0 Å². The van der Waals surface area contributed by atoms with Gasteiger partial charge in [-0.3, -0.25) is 24.0 Å². The second-order valence-electron chi connectivity index (χ2n) is 14.2. The van der Waals surface area contributed by atoms with Gasteiger partial charge in [0.2, 0.25) is 5.91 Å². The first-order valence-electron chi connectivity index (χ1n) is 19.7. The van der Waals surface area contributed by atoms with Crippen LogP contribution in [-0.2, 0) is 75.1 Å². The van der Waals surface area contributed by atoms with Crippen molar-refractivity contribution in [2.75, 3.05) is 13.1 Å². The lowest BCUT2D eigenvalue weighted by atomic mass is 9.83. The third kappa shape index (κ3) is 15.0. The summed E-state index contributed by atoms with van der Waals surface area (Å²) >= 11 is 0. The molecular weight excluding hydrogens is 846 g/mol. The second kappa shape index (κ2) is 25.1. The predicted molar refractivity (Wildman–Crippen MR) is 216 cm³/mol. The molecule has 2 amide bonds. The molecule has 2 fully saturated rings. The third-order valence-corrected chi connectivity index (χ3v) is 9.55. The van der Waals surface area contributed by atoms with E-state index in [9.17, 15) is 39.8 Å². The highest BCUT2D eigenvalue weighted by Gasteiger charge is 2.55. The van der Waals surface area contributed by atoms with E-state index in [4.69, 9.17) is 43.4 Å². The number of nitrogens with one attached hydrogen (secondary N) is 2. The van der Waals surface area contributed by atoms with Crippen molar-refractivity contribution >= 4 is 35.9 Å². The fourth-order valence-corrected chi connectivity index (χ4v) is 7.00. The fraction of sp³-hybridized carbons (Fsp3) is 0.538. The summed E-state index contributed by atoms with van der Waals surface area (Å²) in [7, 11) is 0. The zero-order valence-corrected chi connectivity index (χ0v) is 35.1. The minimum absolute atomic E-state index is 0.00215. The molecule has 25 nitrogen and oxygen atoms in total. The average Bonchev–Trinajstić information content (AvgIpc) is 3.25. The number of esters is 4. The summed E-state index contributed by atoms with van der Waals surface area (Å²) in [5.74, 6) is -4.39. The van der Waals surface area contributed by atoms with Crippen LogP contribution in [0.1, 0.15) is 51.7 Å². The van der Waals surface area contributed by atoms with E-state index >= 15 is 0 Å². The van der Waals surface area contributed by atoms with Gasteiger partial charge < -0.3 is 48.5 Å². The summed E-state index contributed by atoms with van der Waals surface area (Å²) in [6.45, 7) is 3.47. The van der Waals surface area contributed by atoms with Crippen molar-refractivity contribution in [1.82, 2.24) is 10.6 Å². The smallest absolute Gasteiger partial charge is 0.407 e. The Labute approximate surface area is 365 Å². The van der Waals surface area contributed by atoms with Gasteiger partial charge in [0.05, 0.1) is 25.2 Å². The van der Waals surface area contributed by atoms with Gasteiger partial charge in [-0.05, 0) is 34.1 Å². The Morgan fingerprint density at radius 3 is 1.86 bits per heavy atom. The molecule has 4 rings (SSSR count). The van der Waals surface area contributed by atoms with E-state index in [0.29, 0.717) is 5.56 Å². The number of alkyl carbamates (subject to hydrolysis) is 1. The molecule has 2 aliphatic rings. The lowest BCUT2D eigenvalue weighted by Gasteiger charge is -2.48. The van der Waals surface area contributed by atoms with Crippen molar-refractivity contribution in [3.8, 4) is 0 Å². The normalized spacial score (nSPS) is 25.2. The molecule has 0 spiro atoms. The first kappa shape index (κ1) is 49.5. The maximum absolute atomic E-state index is 14.2. The van der Waals surface area contributed by atoms with Crippen LogP contribution in [0.25, 0.3) is 31.3 Å². The summed E-state index contributed by atoms with van der Waals surface area (Å²) in [6, 6.07) is 13.5. The van der Waals surface area contributed by atoms with Crippen molar-refractivity contribution < 1.29 is 66.7 Å². The number of ether oxygens (including phenoxy) is 8. The topological polar surface area (TPSA) is 347 Å². The molecule has 2 aromatic carbocycles. The lowest BCUT2D eigenvalue weighted by molar-refractivity contribution is -0.293. The summed E-state index contributed by atoms with van der Waals surface area (Å²) < 4.78 is 45.8. The van der Waals surface area contributed by atoms with Gasteiger partial charge in [-0.15, -0.1) is 0 Å². The number of hydrogen-bond acceptors (Lipinski definition) is 17. The number of hydrogen-bond donors (Lipinski definition) is 2. The number of rotatable bonds is 20. The van der Waals surface area contributed by atoms with E-state index in [1.165, 1.54) is 0 Å². The Hall–Kier alpha value is -7.13. The van der Waals surface area contributed by atoms with Crippen LogP contribution in [0.4, 0.5) is 4.79 Å². The summed E-state index contributed by atoms with van der Waals surface area (Å²) in [5.41, 5.74) is 29.9. The van der Waals surface area contributed by atoms with Crippen molar-refractivity contribution in [3.05, 3.63) is 103 Å². The Morgan fingerprint density at radius 2 is 1.28 bits per heavy atom. The van der Waals surface area contributed by atoms with Crippen LogP contribution in [0, 0.1) is 0 Å². The Kier molecular flexibility index (Phi) is 19.4. The Bertz CT molecular complexity index is 2080. The van der Waals surface area contributed by atoms with Gasteiger partial charge in [0.15, 0.2) is 30.7 Å². The quantitative estimate of drug-likeness (QED) is 0.0616. The van der Waals surface area contributed by atoms with Crippen molar-refractivity contribution in [1.29, 1.82) is 0 Å². The van der Waals surface area contributed by atoms with Crippen LogP contribution in [0.15, 0.2) is 76.0 Å². The van der Waals surface area contributed by atoms with Gasteiger partial charge >= 0.3 is 30.0 Å². The molecular formula is C39H47N11O14. The minimum Gasteiger partial charge on any atom is -0.458 e. The zero-order chi connectivity index (χ0) is 46.6. The molecule has 1 aliphatic carbocycles. The van der Waals surface area contributed by atoms with E-state index in [2.05, 4.69) is 40.7 Å². The predicted octanol–water partition coefficient (Wildman–Crippen LogP) is 4.28. The molecule has 0 unspecified atom stereocenters. The van der Waals surface area contributed by atoms with Gasteiger partial charge in [0.1, 0.15) is 31.0 Å². The molecule has 25 heteroatoms. The molecule has 11 atom stereocenters. The summed E-state index contributed by atoms with van der Waals surface area (Å²) in [6.07, 6.45) is -13.7. The minimum atomic E-state index is -1.81. The molecule has 0 aromatic heterocycles. The van der Waals surface area contributed by atoms with Gasteiger partial charge in [-0.2, -0.15) is 0 Å². The fourth-order valence-electron chi connectivity index (χ4n) is 7.00. The summed E-state index contributed by atoms with van der Waals surface area (Å²) in [4.78, 5) is 85.0. The highest BCUT2D eigenvalue weighted by atomic mass is 16.7. The molecule has 1 saturated heterocycles. The van der Waals surface area contributed by atoms with Crippen molar-refractivity contribution in [2.24, 2.45) is 15.3 Å². The summed E-state index contributed by atoms with van der Waals surface area (Å²) in [5, 5.41) is 16.4. The number of carbonyl (C=O) groups excluding carboxylic acids is 6. The number of azide groups is 3. The molecule has 1 heterocycles. The molecule has 342 valence electrons. The highest BCUT2D eigenvalue weighted by molar-refractivity contribution is 5.81. The monoisotopic (exact) mass is 893 g/mol. The number of benzene rings is 2. The first-order chi connectivity index (χ1) is 30.7. The van der Waals surface area contributed by atoms with E-state index in [1.807, 2.05) is 6.07 Å². The van der Waals surface area contributed by atoms with Crippen molar-refractivity contribution in [3.63, 3.8) is 0 Å². The Balaban J connectivity index is 1.66. The van der Waals surface area contributed by atoms with E-state index in [-0.39, 0.29) is 32.6 Å². The second-order valence-corrected chi connectivity index (χ2v) is 14.2. The lowest BCUT2D eigenvalue weighted by Crippen LogP contribution is -2.66. The van der Waals surface area contributed by atoms with Gasteiger partial charge in [0, 0.05) is 55.4 Å². The van der Waals surface area contributed by atoms with Gasteiger partial charge in [-0.25, -0.2) is 4.79 Å². The van der Waals surface area contributed by atoms with Crippen LogP contribution in [0.5, 0.6) is 0 Å². The van der Waals surface area contributed by atoms with E-state index < -0.39 is 110 Å². The Morgan fingerprint density at radius 1 is 0.719 bits per heavy atom. The molecule has 64 heavy (non-hydrogen) atoms. The number of carbonyl (C=O) groups is 6. The van der Waals surface area contributed by atoms with Crippen LogP contribution < -0.4 is 10.6 Å². The molecule has 1 saturated carbocycles. The molecule has 1 aliphatic heterocycles. The largest absolute Gasteiger partial charge is 0.458 e. The van der Waals surface area contributed by atoms with E-state index in [0.717, 1.165) is 33.3 Å². The van der Waals surface area contributed by atoms with Crippen LogP contribution >= 0.6 is 0 Å². The SMILES string of the molecule is CC(=O)O[C@@H]1[C@@H](OC(C)=O)[C@H](NC(=O)[C@H](CCNC(=O)OCc2ccccc2)OCc2ccccc2)C[C@H](N=[N+]=[N-])[C@H]1O[C@H]1O[C@H](CN=[N+]=[N-])[C@@H](OC(C)=O)[C@H](OC(C)=O)[C@H]1N=[N+]=[N-]. The average molecular weight is 894 g/mol. The van der Waals surface area contributed by atoms with Gasteiger partial charge in [0.25, 0.3) is 0 Å². The number of amides is 2. The maximum Gasteiger partial charge on any atom is 0.407 e. The van der Waals surface area contributed by atoms with Gasteiger partial charge in [-0.1, -0.05) is 76.0 Å². The van der Waals surface area contributed by atoms with Crippen LogP contribution in [-0.4, -0.2) is 116 Å². The third-order valence-electron chi connectivity index (χ3n) is 9.55. The zero-order valence-electron chi connectivity index (χ0n) is 35.1. The van der Waals surface area contributed by atoms with Crippen LogP contribution in [0.3, 0.4) is 0 Å². The highest BCUT2D eigenvalue weighted by Crippen LogP contribution is 2.36. The van der Waals surface area contributed by atoms with E-state index in [1.54, 1.807) is 54.6 Å². The standard InChI is InChI=1S/C39H47N11O14/c1-21(51)59-32-27(45-37(55)29(57-19-25-11-7-5-8-12-25)15-16-43-39(56)58-20-26-13-9-6-10-14-26)17-28(46-49-41)33(36(32)62-24(4)54)64-38-31(47-50-42)35(61-23(3)53)34(60-22(2)52)30(63-38)18-44-48-40/h5-14,27-36,38H,15-20H2,1-4H3,(H,43,56)(H,45,55)/t27-,28+,29+,30-,31-,32+,33-,34-,35-,36-,38-/m1/s1. The maximum atomic E-state index is 14.2. The molecule has 0 bridgehead atoms. The molecule has 2 aromatic rings. The first-order valence-corrected chi connectivity index (χ1v) is 19.7. The molecule has 0 radical (unpaired) electrons. The molecule has 2 N–H and O–H groups in total. The van der Waals surface area contributed by atoms with Crippen molar-refractivity contribution in [2.45, 2.75) is 121 Å².